The molecule has 4 nitrogen and oxygen atoms in total. The lowest BCUT2D eigenvalue weighted by atomic mass is 9.98. The van der Waals surface area contributed by atoms with Gasteiger partial charge in [0.25, 0.3) is 0 Å². The fourth-order valence-electron chi connectivity index (χ4n) is 3.10. The first kappa shape index (κ1) is 12.8. The molecule has 98 valence electrons. The molecule has 0 aromatic rings. The van der Waals surface area contributed by atoms with E-state index in [1.54, 1.807) is 0 Å². The van der Waals surface area contributed by atoms with E-state index in [1.165, 1.54) is 12.8 Å². The maximum absolute atomic E-state index is 12.6. The van der Waals surface area contributed by atoms with Gasteiger partial charge in [0.2, 0.25) is 5.91 Å². The normalized spacial score (nSPS) is 27.6. The second-order valence-electron chi connectivity index (χ2n) is 5.66. The van der Waals surface area contributed by atoms with E-state index in [0.717, 1.165) is 32.4 Å². The Bertz CT molecular complexity index is 284. The second-order valence-corrected chi connectivity index (χ2v) is 5.66. The molecule has 1 unspecified atom stereocenters. The van der Waals surface area contributed by atoms with Crippen LogP contribution in [0.2, 0.25) is 0 Å². The summed E-state index contributed by atoms with van der Waals surface area (Å²) in [6.07, 6.45) is 5.69. The van der Waals surface area contributed by atoms with E-state index in [1.807, 2.05) is 0 Å². The van der Waals surface area contributed by atoms with Gasteiger partial charge < -0.3 is 9.80 Å². The van der Waals surface area contributed by atoms with E-state index in [0.29, 0.717) is 5.91 Å². The Labute approximate surface area is 104 Å². The molecule has 1 aliphatic heterocycles. The first-order valence-electron chi connectivity index (χ1n) is 6.82. The molecule has 1 N–H and O–H groups in total. The van der Waals surface area contributed by atoms with Gasteiger partial charge in [0.1, 0.15) is 0 Å². The summed E-state index contributed by atoms with van der Waals surface area (Å²) in [6, 6.07) is 0. The number of nitrogens with zero attached hydrogens (tertiary/aromatic N) is 2. The molecule has 1 heterocycles. The quantitative estimate of drug-likeness (QED) is 0.796. The average Bonchev–Trinajstić information content (AvgIpc) is 2.85. The van der Waals surface area contributed by atoms with Gasteiger partial charge in [-0.05, 0) is 33.4 Å². The largest absolute Gasteiger partial charge is 0.324 e. The van der Waals surface area contributed by atoms with Crippen LogP contribution in [-0.2, 0) is 4.79 Å². The Balaban J connectivity index is 2.06. The summed E-state index contributed by atoms with van der Waals surface area (Å²) in [7, 11) is 4.11. The number of hydrogen-bond acceptors (Lipinski definition) is 3. The zero-order valence-electron chi connectivity index (χ0n) is 11.3. The van der Waals surface area contributed by atoms with Gasteiger partial charge in [0.15, 0.2) is 0 Å². The Morgan fingerprint density at radius 1 is 1.41 bits per heavy atom. The van der Waals surface area contributed by atoms with Crippen LogP contribution in [0.1, 0.15) is 39.0 Å². The van der Waals surface area contributed by atoms with Gasteiger partial charge in [-0.15, -0.1) is 0 Å². The molecule has 1 amide bonds. The molecular formula is C13H25N3O. The van der Waals surface area contributed by atoms with Crippen molar-refractivity contribution in [2.45, 2.75) is 50.7 Å². The van der Waals surface area contributed by atoms with Crippen LogP contribution in [-0.4, -0.2) is 54.6 Å². The SMILES string of the molecule is CCC1NC2(CCCC2)C(=O)N1CCN(C)C. The van der Waals surface area contributed by atoms with Crippen molar-refractivity contribution in [1.82, 2.24) is 15.1 Å². The summed E-state index contributed by atoms with van der Waals surface area (Å²) in [5, 5.41) is 3.60. The number of carbonyl (C=O) groups is 1. The van der Waals surface area contributed by atoms with E-state index in [2.05, 4.69) is 36.1 Å². The number of likely N-dealkylation sites (N-methyl/N-ethyl adjacent to an activating group) is 1. The molecule has 1 spiro atoms. The molecule has 0 bridgehead atoms. The van der Waals surface area contributed by atoms with Gasteiger partial charge in [0.05, 0.1) is 11.7 Å². The van der Waals surface area contributed by atoms with Gasteiger partial charge in [-0.1, -0.05) is 19.8 Å². The summed E-state index contributed by atoms with van der Waals surface area (Å²) in [5.41, 5.74) is -0.201. The van der Waals surface area contributed by atoms with Crippen molar-refractivity contribution in [2.24, 2.45) is 0 Å². The van der Waals surface area contributed by atoms with Crippen molar-refractivity contribution in [3.63, 3.8) is 0 Å². The van der Waals surface area contributed by atoms with E-state index in [4.69, 9.17) is 0 Å². The van der Waals surface area contributed by atoms with E-state index >= 15 is 0 Å². The van der Waals surface area contributed by atoms with Crippen LogP contribution in [0.3, 0.4) is 0 Å². The summed E-state index contributed by atoms with van der Waals surface area (Å²) >= 11 is 0. The molecule has 17 heavy (non-hydrogen) atoms. The molecule has 0 radical (unpaired) electrons. The maximum atomic E-state index is 12.6. The first-order chi connectivity index (χ1) is 8.09. The minimum Gasteiger partial charge on any atom is -0.324 e. The summed E-state index contributed by atoms with van der Waals surface area (Å²) < 4.78 is 0. The third-order valence-corrected chi connectivity index (χ3v) is 4.12. The van der Waals surface area contributed by atoms with E-state index in [-0.39, 0.29) is 11.7 Å². The van der Waals surface area contributed by atoms with Crippen molar-refractivity contribution in [3.8, 4) is 0 Å². The molecule has 2 fully saturated rings. The lowest BCUT2D eigenvalue weighted by molar-refractivity contribution is -0.133. The number of rotatable bonds is 4. The van der Waals surface area contributed by atoms with E-state index < -0.39 is 0 Å². The summed E-state index contributed by atoms with van der Waals surface area (Å²) in [5.74, 6) is 0.351. The van der Waals surface area contributed by atoms with Crippen LogP contribution < -0.4 is 5.32 Å². The fourth-order valence-corrected chi connectivity index (χ4v) is 3.10. The predicted molar refractivity (Wildman–Crippen MR) is 68.7 cm³/mol. The highest BCUT2D eigenvalue weighted by Gasteiger charge is 2.51. The monoisotopic (exact) mass is 239 g/mol. The molecule has 0 aromatic carbocycles. The molecular weight excluding hydrogens is 214 g/mol. The number of amides is 1. The highest BCUT2D eigenvalue weighted by molar-refractivity contribution is 5.89. The van der Waals surface area contributed by atoms with Gasteiger partial charge in [-0.25, -0.2) is 0 Å². The fraction of sp³-hybridized carbons (Fsp3) is 0.923. The highest BCUT2D eigenvalue weighted by atomic mass is 16.2. The van der Waals surface area contributed by atoms with Gasteiger partial charge in [0, 0.05) is 13.1 Å². The molecule has 0 aromatic heterocycles. The smallest absolute Gasteiger partial charge is 0.244 e. The standard InChI is InChI=1S/C13H25N3O/c1-4-11-14-13(7-5-6-8-13)12(17)16(11)10-9-15(2)3/h11,14H,4-10H2,1-3H3. The molecule has 2 aliphatic rings. The minimum atomic E-state index is -0.201. The van der Waals surface area contributed by atoms with Crippen LogP contribution >= 0.6 is 0 Å². The Morgan fingerprint density at radius 2 is 2.06 bits per heavy atom. The molecule has 1 aliphatic carbocycles. The molecule has 1 saturated carbocycles. The van der Waals surface area contributed by atoms with Gasteiger partial charge in [-0.3, -0.25) is 10.1 Å². The van der Waals surface area contributed by atoms with E-state index in [9.17, 15) is 4.79 Å². The van der Waals surface area contributed by atoms with Crippen LogP contribution in [0.15, 0.2) is 0 Å². The third kappa shape index (κ3) is 2.33. The first-order valence-corrected chi connectivity index (χ1v) is 6.82. The Morgan fingerprint density at radius 3 is 2.59 bits per heavy atom. The number of hydrogen-bond donors (Lipinski definition) is 1. The van der Waals surface area contributed by atoms with Crippen LogP contribution in [0.5, 0.6) is 0 Å². The van der Waals surface area contributed by atoms with Crippen LogP contribution in [0.25, 0.3) is 0 Å². The Hall–Kier alpha value is -0.610. The highest BCUT2D eigenvalue weighted by Crippen LogP contribution is 2.36. The third-order valence-electron chi connectivity index (χ3n) is 4.12. The van der Waals surface area contributed by atoms with Crippen molar-refractivity contribution in [2.75, 3.05) is 27.2 Å². The zero-order chi connectivity index (χ0) is 12.5. The Kier molecular flexibility index (Phi) is 3.73. The predicted octanol–water partition coefficient (Wildman–Crippen LogP) is 1.03. The number of nitrogens with one attached hydrogen (secondary N) is 1. The lowest BCUT2D eigenvalue weighted by Gasteiger charge is -2.24. The van der Waals surface area contributed by atoms with Gasteiger partial charge >= 0.3 is 0 Å². The van der Waals surface area contributed by atoms with Crippen molar-refractivity contribution in [3.05, 3.63) is 0 Å². The second kappa shape index (κ2) is 4.94. The average molecular weight is 239 g/mol. The van der Waals surface area contributed by atoms with Crippen molar-refractivity contribution in [1.29, 1.82) is 0 Å². The van der Waals surface area contributed by atoms with Crippen molar-refractivity contribution < 1.29 is 4.79 Å². The lowest BCUT2D eigenvalue weighted by Crippen LogP contribution is -2.44. The van der Waals surface area contributed by atoms with Crippen molar-refractivity contribution >= 4 is 5.91 Å². The molecule has 1 saturated heterocycles. The maximum Gasteiger partial charge on any atom is 0.244 e. The molecule has 2 rings (SSSR count). The minimum absolute atomic E-state index is 0.201. The topological polar surface area (TPSA) is 35.6 Å². The summed E-state index contributed by atoms with van der Waals surface area (Å²) in [6.45, 7) is 3.95. The summed E-state index contributed by atoms with van der Waals surface area (Å²) in [4.78, 5) is 16.8. The molecule has 1 atom stereocenters. The zero-order valence-corrected chi connectivity index (χ0v) is 11.3. The van der Waals surface area contributed by atoms with Crippen LogP contribution in [0.4, 0.5) is 0 Å². The van der Waals surface area contributed by atoms with Gasteiger partial charge in [-0.2, -0.15) is 0 Å². The molecule has 4 heteroatoms. The number of carbonyl (C=O) groups excluding carboxylic acids is 1. The van der Waals surface area contributed by atoms with Crippen LogP contribution in [0, 0.1) is 0 Å².